The first-order chi connectivity index (χ1) is 7.95. The Labute approximate surface area is 93.2 Å². The molecule has 0 amide bonds. The number of piperidine rings is 1. The van der Waals surface area contributed by atoms with E-state index in [1.165, 1.54) is 12.8 Å². The predicted molar refractivity (Wildman–Crippen MR) is 58.9 cm³/mol. The van der Waals surface area contributed by atoms with Gasteiger partial charge in [-0.15, -0.1) is 0 Å². The Kier molecular flexibility index (Phi) is 2.46. The summed E-state index contributed by atoms with van der Waals surface area (Å²) in [5, 5.41) is 14.3. The molecule has 1 saturated heterocycles. The summed E-state index contributed by atoms with van der Waals surface area (Å²) in [6, 6.07) is 1.87. The van der Waals surface area contributed by atoms with Gasteiger partial charge in [0.1, 0.15) is 0 Å². The zero-order valence-electron chi connectivity index (χ0n) is 8.94. The predicted octanol–water partition coefficient (Wildman–Crippen LogP) is 1.53. The third-order valence-corrected chi connectivity index (χ3v) is 3.08. The third-order valence-electron chi connectivity index (χ3n) is 3.08. The molecule has 3 rings (SSSR count). The molecule has 3 heterocycles. The molecule has 0 aliphatic carbocycles. The largest absolute Gasteiger partial charge is 0.356 e. The maximum atomic E-state index is 5.18. The molecule has 1 atom stereocenters. The molecule has 0 radical (unpaired) electrons. The van der Waals surface area contributed by atoms with Crippen LogP contribution in [0, 0.1) is 0 Å². The van der Waals surface area contributed by atoms with E-state index in [1.807, 2.05) is 12.3 Å². The molecule has 2 aromatic rings. The molecule has 0 unspecified atom stereocenters. The number of aromatic amines is 1. The number of hydrogen-bond donors (Lipinski definition) is 2. The molecular weight excluding hydrogens is 204 g/mol. The third kappa shape index (κ3) is 1.63. The van der Waals surface area contributed by atoms with Gasteiger partial charge >= 0.3 is 0 Å². The molecular formula is C11H14N4O. The number of aromatic nitrogens is 3. The van der Waals surface area contributed by atoms with Gasteiger partial charge in [-0.2, -0.15) is 5.10 Å². The zero-order valence-corrected chi connectivity index (χ0v) is 8.94. The molecule has 0 saturated carbocycles. The van der Waals surface area contributed by atoms with Gasteiger partial charge in [0.25, 0.3) is 0 Å². The Bertz CT molecular complexity index is 442. The van der Waals surface area contributed by atoms with Crippen molar-refractivity contribution < 1.29 is 4.52 Å². The summed E-state index contributed by atoms with van der Waals surface area (Å²) in [5.41, 5.74) is 2.19. The lowest BCUT2D eigenvalue weighted by atomic mass is 9.93. The first-order valence-corrected chi connectivity index (χ1v) is 5.60. The van der Waals surface area contributed by atoms with Crippen molar-refractivity contribution in [1.82, 2.24) is 20.7 Å². The Hall–Kier alpha value is -1.62. The van der Waals surface area contributed by atoms with Crippen LogP contribution < -0.4 is 5.32 Å². The van der Waals surface area contributed by atoms with Gasteiger partial charge in [-0.05, 0) is 19.4 Å². The molecule has 1 fully saturated rings. The monoisotopic (exact) mass is 218 g/mol. The van der Waals surface area contributed by atoms with Gasteiger partial charge in [-0.1, -0.05) is 5.16 Å². The highest BCUT2D eigenvalue weighted by Crippen LogP contribution is 2.30. The summed E-state index contributed by atoms with van der Waals surface area (Å²) >= 11 is 0. The Balaban J connectivity index is 1.92. The molecule has 5 nitrogen and oxygen atoms in total. The van der Waals surface area contributed by atoms with Crippen molar-refractivity contribution >= 4 is 0 Å². The average Bonchev–Trinajstić information content (AvgIpc) is 3.01. The summed E-state index contributed by atoms with van der Waals surface area (Å²) in [4.78, 5) is 0. The minimum atomic E-state index is 0.497. The quantitative estimate of drug-likeness (QED) is 0.802. The van der Waals surface area contributed by atoms with Crippen LogP contribution in [0.4, 0.5) is 0 Å². The van der Waals surface area contributed by atoms with Crippen molar-refractivity contribution in [2.75, 3.05) is 13.1 Å². The van der Waals surface area contributed by atoms with Gasteiger partial charge in [0.2, 0.25) is 0 Å². The van der Waals surface area contributed by atoms with Crippen LogP contribution in [0.5, 0.6) is 0 Å². The SMILES string of the molecule is c1cc(-c2cn[nH]c2[C@@H]2CCCNC2)on1. The molecule has 1 aliphatic heterocycles. The molecule has 5 heteroatoms. The zero-order chi connectivity index (χ0) is 10.8. The minimum absolute atomic E-state index is 0.497. The van der Waals surface area contributed by atoms with Gasteiger partial charge in [0.15, 0.2) is 5.76 Å². The van der Waals surface area contributed by atoms with Gasteiger partial charge in [-0.25, -0.2) is 0 Å². The van der Waals surface area contributed by atoms with Crippen LogP contribution in [0.15, 0.2) is 23.0 Å². The normalized spacial score (nSPS) is 21.1. The molecule has 16 heavy (non-hydrogen) atoms. The van der Waals surface area contributed by atoms with Crippen LogP contribution in [0.25, 0.3) is 11.3 Å². The Morgan fingerprint density at radius 2 is 2.44 bits per heavy atom. The Morgan fingerprint density at radius 3 is 3.19 bits per heavy atom. The molecule has 0 spiro atoms. The van der Waals surface area contributed by atoms with Gasteiger partial charge in [0, 0.05) is 18.5 Å². The van der Waals surface area contributed by atoms with E-state index < -0.39 is 0 Å². The molecule has 84 valence electrons. The van der Waals surface area contributed by atoms with Crippen LogP contribution in [0.1, 0.15) is 24.5 Å². The lowest BCUT2D eigenvalue weighted by molar-refractivity contribution is 0.428. The van der Waals surface area contributed by atoms with E-state index >= 15 is 0 Å². The summed E-state index contributed by atoms with van der Waals surface area (Å²) in [6.45, 7) is 2.12. The summed E-state index contributed by atoms with van der Waals surface area (Å²) in [6.07, 6.45) is 5.87. The van der Waals surface area contributed by atoms with Crippen LogP contribution in [-0.4, -0.2) is 28.4 Å². The van der Waals surface area contributed by atoms with Gasteiger partial charge < -0.3 is 9.84 Å². The molecule has 1 aliphatic rings. The topological polar surface area (TPSA) is 66.7 Å². The minimum Gasteiger partial charge on any atom is -0.356 e. The smallest absolute Gasteiger partial charge is 0.170 e. The van der Waals surface area contributed by atoms with Crippen molar-refractivity contribution in [3.63, 3.8) is 0 Å². The Morgan fingerprint density at radius 1 is 1.44 bits per heavy atom. The van der Waals surface area contributed by atoms with E-state index in [1.54, 1.807) is 6.20 Å². The van der Waals surface area contributed by atoms with Crippen molar-refractivity contribution in [3.8, 4) is 11.3 Å². The first kappa shape index (κ1) is 9.59. The second kappa shape index (κ2) is 4.09. The van der Waals surface area contributed by atoms with E-state index in [9.17, 15) is 0 Å². The fraction of sp³-hybridized carbons (Fsp3) is 0.455. The van der Waals surface area contributed by atoms with Crippen LogP contribution >= 0.6 is 0 Å². The molecule has 2 N–H and O–H groups in total. The second-order valence-corrected chi connectivity index (χ2v) is 4.12. The van der Waals surface area contributed by atoms with Crippen molar-refractivity contribution in [1.29, 1.82) is 0 Å². The highest BCUT2D eigenvalue weighted by Gasteiger charge is 2.21. The lowest BCUT2D eigenvalue weighted by Crippen LogP contribution is -2.28. The number of nitrogens with one attached hydrogen (secondary N) is 2. The highest BCUT2D eigenvalue weighted by atomic mass is 16.5. The van der Waals surface area contributed by atoms with Crippen molar-refractivity contribution in [3.05, 3.63) is 24.2 Å². The number of hydrogen-bond acceptors (Lipinski definition) is 4. The van der Waals surface area contributed by atoms with Crippen LogP contribution in [0.3, 0.4) is 0 Å². The van der Waals surface area contributed by atoms with E-state index in [0.717, 1.165) is 30.1 Å². The van der Waals surface area contributed by atoms with E-state index in [-0.39, 0.29) is 0 Å². The summed E-state index contributed by atoms with van der Waals surface area (Å²) < 4.78 is 5.18. The number of rotatable bonds is 2. The highest BCUT2D eigenvalue weighted by molar-refractivity contribution is 5.59. The fourth-order valence-corrected chi connectivity index (χ4v) is 2.26. The van der Waals surface area contributed by atoms with E-state index in [0.29, 0.717) is 5.92 Å². The molecule has 0 aromatic carbocycles. The van der Waals surface area contributed by atoms with E-state index in [2.05, 4.69) is 20.7 Å². The maximum absolute atomic E-state index is 5.18. The fourth-order valence-electron chi connectivity index (χ4n) is 2.26. The average molecular weight is 218 g/mol. The second-order valence-electron chi connectivity index (χ2n) is 4.12. The van der Waals surface area contributed by atoms with Gasteiger partial charge in [0.05, 0.1) is 23.7 Å². The number of nitrogens with zero attached hydrogens (tertiary/aromatic N) is 2. The summed E-state index contributed by atoms with van der Waals surface area (Å²) in [5.74, 6) is 1.28. The summed E-state index contributed by atoms with van der Waals surface area (Å²) in [7, 11) is 0. The standard InChI is InChI=1S/C11H14N4O/c1-2-8(6-12-4-1)11-9(7-13-15-11)10-3-5-14-16-10/h3,5,7-8,12H,1-2,4,6H2,(H,13,15)/t8-/m1/s1. The van der Waals surface area contributed by atoms with Crippen molar-refractivity contribution in [2.45, 2.75) is 18.8 Å². The van der Waals surface area contributed by atoms with Gasteiger partial charge in [-0.3, -0.25) is 5.10 Å². The lowest BCUT2D eigenvalue weighted by Gasteiger charge is -2.22. The first-order valence-electron chi connectivity index (χ1n) is 5.60. The van der Waals surface area contributed by atoms with Crippen molar-refractivity contribution in [2.24, 2.45) is 0 Å². The molecule has 0 bridgehead atoms. The number of H-pyrrole nitrogens is 1. The van der Waals surface area contributed by atoms with Crippen LogP contribution in [0.2, 0.25) is 0 Å². The van der Waals surface area contributed by atoms with Crippen LogP contribution in [-0.2, 0) is 0 Å². The van der Waals surface area contributed by atoms with E-state index in [4.69, 9.17) is 4.52 Å². The molecule has 2 aromatic heterocycles. The maximum Gasteiger partial charge on any atom is 0.170 e.